The summed E-state index contributed by atoms with van der Waals surface area (Å²) >= 11 is 1.68. The standard InChI is InChI=1S/C14H16N2O2S/c1-18-14(17)11-3-2-4-12(13(11)15)16-7-5-10-6-8-19-9-10/h2-4,6,8-9,16H,5,7,15H2,1H3. The van der Waals surface area contributed by atoms with E-state index in [4.69, 9.17) is 10.5 Å². The Bertz CT molecular complexity index is 553. The van der Waals surface area contributed by atoms with Crippen LogP contribution in [0, 0.1) is 0 Å². The Morgan fingerprint density at radius 3 is 2.95 bits per heavy atom. The van der Waals surface area contributed by atoms with E-state index in [-0.39, 0.29) is 0 Å². The van der Waals surface area contributed by atoms with E-state index in [0.717, 1.165) is 18.7 Å². The molecule has 3 N–H and O–H groups in total. The number of thiophene rings is 1. The maximum absolute atomic E-state index is 11.5. The van der Waals surface area contributed by atoms with Crippen LogP contribution in [0.1, 0.15) is 15.9 Å². The maximum atomic E-state index is 11.5. The number of hydrogen-bond donors (Lipinski definition) is 2. The van der Waals surface area contributed by atoms with Crippen molar-refractivity contribution in [2.24, 2.45) is 0 Å². The van der Waals surface area contributed by atoms with Gasteiger partial charge in [0.05, 0.1) is 24.0 Å². The van der Waals surface area contributed by atoms with E-state index in [1.165, 1.54) is 12.7 Å². The number of methoxy groups -OCH3 is 1. The second-order valence-electron chi connectivity index (χ2n) is 4.07. The number of nitrogens with two attached hydrogens (primary N) is 1. The van der Waals surface area contributed by atoms with Crippen molar-refractivity contribution in [3.05, 3.63) is 46.2 Å². The zero-order chi connectivity index (χ0) is 13.7. The lowest BCUT2D eigenvalue weighted by molar-refractivity contribution is 0.0602. The number of ether oxygens (including phenoxy) is 1. The summed E-state index contributed by atoms with van der Waals surface area (Å²) < 4.78 is 4.69. The van der Waals surface area contributed by atoms with Crippen molar-refractivity contribution in [2.45, 2.75) is 6.42 Å². The number of carbonyl (C=O) groups excluding carboxylic acids is 1. The lowest BCUT2D eigenvalue weighted by Gasteiger charge is -2.11. The Morgan fingerprint density at radius 2 is 2.26 bits per heavy atom. The van der Waals surface area contributed by atoms with Gasteiger partial charge in [-0.15, -0.1) is 0 Å². The number of rotatable bonds is 5. The second kappa shape index (κ2) is 6.24. The fourth-order valence-electron chi connectivity index (χ4n) is 1.78. The molecule has 2 rings (SSSR count). The van der Waals surface area contributed by atoms with Crippen LogP contribution in [-0.4, -0.2) is 19.6 Å². The minimum absolute atomic E-state index is 0.392. The molecule has 0 spiro atoms. The largest absolute Gasteiger partial charge is 0.465 e. The molecule has 0 radical (unpaired) electrons. The minimum atomic E-state index is -0.418. The second-order valence-corrected chi connectivity index (χ2v) is 4.85. The third-order valence-corrected chi connectivity index (χ3v) is 3.55. The van der Waals surface area contributed by atoms with E-state index in [1.807, 2.05) is 6.07 Å². The highest BCUT2D eigenvalue weighted by Gasteiger charge is 2.12. The van der Waals surface area contributed by atoms with Gasteiger partial charge in [-0.2, -0.15) is 11.3 Å². The lowest BCUT2D eigenvalue weighted by Crippen LogP contribution is -2.10. The molecular formula is C14H16N2O2S. The predicted molar refractivity (Wildman–Crippen MR) is 78.7 cm³/mol. The third kappa shape index (κ3) is 3.26. The molecule has 1 aromatic carbocycles. The molecule has 0 fully saturated rings. The molecular weight excluding hydrogens is 260 g/mol. The number of para-hydroxylation sites is 1. The van der Waals surface area contributed by atoms with Gasteiger partial charge in [-0.25, -0.2) is 4.79 Å². The fraction of sp³-hybridized carbons (Fsp3) is 0.214. The topological polar surface area (TPSA) is 64.3 Å². The number of nitrogens with one attached hydrogen (secondary N) is 1. The van der Waals surface area contributed by atoms with Gasteiger partial charge < -0.3 is 15.8 Å². The minimum Gasteiger partial charge on any atom is -0.465 e. The molecule has 5 heteroatoms. The van der Waals surface area contributed by atoms with Gasteiger partial charge in [0.15, 0.2) is 0 Å². The van der Waals surface area contributed by atoms with Gasteiger partial charge in [-0.05, 0) is 40.9 Å². The molecule has 0 amide bonds. The third-order valence-electron chi connectivity index (χ3n) is 2.82. The molecule has 0 atom stereocenters. The van der Waals surface area contributed by atoms with Gasteiger partial charge in [0, 0.05) is 6.54 Å². The highest BCUT2D eigenvalue weighted by atomic mass is 32.1. The summed E-state index contributed by atoms with van der Waals surface area (Å²) in [6.07, 6.45) is 0.922. The summed E-state index contributed by atoms with van der Waals surface area (Å²) in [5, 5.41) is 7.42. The molecule has 1 heterocycles. The van der Waals surface area contributed by atoms with Gasteiger partial charge >= 0.3 is 5.97 Å². The normalized spacial score (nSPS) is 10.2. The molecule has 0 unspecified atom stereocenters. The molecule has 2 aromatic rings. The number of nitrogen functional groups attached to an aromatic ring is 1. The van der Waals surface area contributed by atoms with E-state index in [1.54, 1.807) is 23.5 Å². The van der Waals surface area contributed by atoms with Crippen LogP contribution in [-0.2, 0) is 11.2 Å². The summed E-state index contributed by atoms with van der Waals surface area (Å²) in [6, 6.07) is 7.40. The summed E-state index contributed by atoms with van der Waals surface area (Å²) in [6.45, 7) is 0.769. The van der Waals surface area contributed by atoms with Crippen LogP contribution in [0.4, 0.5) is 11.4 Å². The Morgan fingerprint density at radius 1 is 1.42 bits per heavy atom. The van der Waals surface area contributed by atoms with Crippen molar-refractivity contribution in [1.82, 2.24) is 0 Å². The van der Waals surface area contributed by atoms with Gasteiger partial charge in [-0.1, -0.05) is 6.07 Å². The van der Waals surface area contributed by atoms with Crippen molar-refractivity contribution in [3.8, 4) is 0 Å². The highest BCUT2D eigenvalue weighted by Crippen LogP contribution is 2.23. The maximum Gasteiger partial charge on any atom is 0.340 e. The molecule has 0 aliphatic heterocycles. The Hall–Kier alpha value is -2.01. The first kappa shape index (κ1) is 13.4. The summed E-state index contributed by atoms with van der Waals surface area (Å²) in [7, 11) is 1.35. The number of anilines is 2. The SMILES string of the molecule is COC(=O)c1cccc(NCCc2ccsc2)c1N. The smallest absolute Gasteiger partial charge is 0.340 e. The first-order valence-electron chi connectivity index (χ1n) is 5.94. The van der Waals surface area contributed by atoms with Gasteiger partial charge in [-0.3, -0.25) is 0 Å². The van der Waals surface area contributed by atoms with Crippen molar-refractivity contribution in [1.29, 1.82) is 0 Å². The van der Waals surface area contributed by atoms with Gasteiger partial charge in [0.1, 0.15) is 0 Å². The average molecular weight is 276 g/mol. The molecule has 4 nitrogen and oxygen atoms in total. The number of carbonyl (C=O) groups is 1. The molecule has 1 aromatic heterocycles. The Balaban J connectivity index is 2.02. The number of hydrogen-bond acceptors (Lipinski definition) is 5. The average Bonchev–Trinajstić information content (AvgIpc) is 2.93. The van der Waals surface area contributed by atoms with Gasteiger partial charge in [0.2, 0.25) is 0 Å². The van der Waals surface area contributed by atoms with Crippen LogP contribution in [0.25, 0.3) is 0 Å². The van der Waals surface area contributed by atoms with Crippen LogP contribution in [0.2, 0.25) is 0 Å². The van der Waals surface area contributed by atoms with Crippen LogP contribution in [0.15, 0.2) is 35.0 Å². The first-order valence-corrected chi connectivity index (χ1v) is 6.88. The van der Waals surface area contributed by atoms with Crippen molar-refractivity contribution in [3.63, 3.8) is 0 Å². The Labute approximate surface area is 116 Å². The predicted octanol–water partition coefficient (Wildman–Crippen LogP) is 2.77. The van der Waals surface area contributed by atoms with Crippen LogP contribution >= 0.6 is 11.3 Å². The molecule has 0 saturated heterocycles. The summed E-state index contributed by atoms with van der Waals surface area (Å²) in [5.41, 5.74) is 8.83. The quantitative estimate of drug-likeness (QED) is 0.651. The zero-order valence-electron chi connectivity index (χ0n) is 10.7. The van der Waals surface area contributed by atoms with Crippen LogP contribution in [0.5, 0.6) is 0 Å². The molecule has 0 aliphatic carbocycles. The first-order chi connectivity index (χ1) is 9.22. The highest BCUT2D eigenvalue weighted by molar-refractivity contribution is 7.07. The Kier molecular flexibility index (Phi) is 4.41. The monoisotopic (exact) mass is 276 g/mol. The van der Waals surface area contributed by atoms with Crippen LogP contribution < -0.4 is 11.1 Å². The van der Waals surface area contributed by atoms with E-state index in [9.17, 15) is 4.79 Å². The van der Waals surface area contributed by atoms with Crippen LogP contribution in [0.3, 0.4) is 0 Å². The molecule has 0 aliphatic rings. The molecule has 19 heavy (non-hydrogen) atoms. The molecule has 0 saturated carbocycles. The van der Waals surface area contributed by atoms with E-state index in [2.05, 4.69) is 22.1 Å². The number of benzene rings is 1. The van der Waals surface area contributed by atoms with Crippen molar-refractivity contribution < 1.29 is 9.53 Å². The lowest BCUT2D eigenvalue weighted by atomic mass is 10.1. The number of esters is 1. The zero-order valence-corrected chi connectivity index (χ0v) is 11.5. The summed E-state index contributed by atoms with van der Waals surface area (Å²) in [5.74, 6) is -0.418. The fourth-order valence-corrected chi connectivity index (χ4v) is 2.49. The van der Waals surface area contributed by atoms with E-state index < -0.39 is 5.97 Å². The molecule has 0 bridgehead atoms. The van der Waals surface area contributed by atoms with Gasteiger partial charge in [0.25, 0.3) is 0 Å². The van der Waals surface area contributed by atoms with Crippen molar-refractivity contribution >= 4 is 28.7 Å². The van der Waals surface area contributed by atoms with E-state index >= 15 is 0 Å². The molecule has 100 valence electrons. The summed E-state index contributed by atoms with van der Waals surface area (Å²) in [4.78, 5) is 11.5. The van der Waals surface area contributed by atoms with E-state index in [0.29, 0.717) is 11.3 Å². The van der Waals surface area contributed by atoms with Crippen molar-refractivity contribution in [2.75, 3.05) is 24.7 Å².